The number of hydrogen-bond acceptors (Lipinski definition) is 9. The smallest absolute Gasteiger partial charge is 0.336 e. The molecule has 0 unspecified atom stereocenters. The molecule has 0 saturated heterocycles. The number of nitrogens with one attached hydrogen (secondary N) is 1. The molecule has 12 heteroatoms. The summed E-state index contributed by atoms with van der Waals surface area (Å²) in [5.41, 5.74) is 0.232. The van der Waals surface area contributed by atoms with Crippen molar-refractivity contribution in [1.29, 1.82) is 0 Å². The van der Waals surface area contributed by atoms with Gasteiger partial charge in [0.15, 0.2) is 0 Å². The highest BCUT2D eigenvalue weighted by atomic mass is 16.6. The van der Waals surface area contributed by atoms with Gasteiger partial charge in [0, 0.05) is 23.0 Å². The molecule has 1 aliphatic heterocycles. The third-order valence-electron chi connectivity index (χ3n) is 6.61. The molecule has 0 radical (unpaired) electrons. The van der Waals surface area contributed by atoms with Gasteiger partial charge in [0.05, 0.1) is 42.8 Å². The van der Waals surface area contributed by atoms with Crippen LogP contribution in [0.15, 0.2) is 77.1 Å². The molecule has 0 spiro atoms. The number of rotatable bonds is 10. The van der Waals surface area contributed by atoms with Crippen LogP contribution in [0.3, 0.4) is 0 Å². The number of esters is 2. The molecule has 0 saturated carbocycles. The molecule has 2 aromatic carbocycles. The Morgan fingerprint density at radius 1 is 0.950 bits per heavy atom. The molecule has 210 valence electrons. The van der Waals surface area contributed by atoms with Gasteiger partial charge in [-0.25, -0.2) is 9.59 Å². The summed E-state index contributed by atoms with van der Waals surface area (Å²) in [7, 11) is 2.22. The van der Waals surface area contributed by atoms with E-state index in [1.54, 1.807) is 30.3 Å². The zero-order chi connectivity index (χ0) is 29.6. The van der Waals surface area contributed by atoms with E-state index in [0.717, 1.165) is 24.7 Å². The minimum atomic E-state index is -1.27. The van der Waals surface area contributed by atoms with Crippen molar-refractivity contribution in [3.63, 3.8) is 0 Å². The van der Waals surface area contributed by atoms with Crippen LogP contribution in [0.5, 0.6) is 0 Å². The molecule has 0 bridgehead atoms. The molecule has 1 amide bonds. The van der Waals surface area contributed by atoms with Gasteiger partial charge in [-0.3, -0.25) is 29.9 Å². The number of ether oxygens (including phenoxy) is 2. The largest absolute Gasteiger partial charge is 0.480 e. The van der Waals surface area contributed by atoms with Gasteiger partial charge < -0.3 is 14.6 Å². The standard InChI is InChI=1S/C28H29N3O9/c1-16-23(27(35)39-3)25(19-12-8-9-13-21(19)31(37)38)24(28(36)40-4)17(2)30(16)22(32)15-29-20(26(33)34)14-18-10-6-5-7-11-18/h5-13,20,25,29H,14-15H2,1-4H3,(H,33,34)/t20-/m0/s1. The molecule has 40 heavy (non-hydrogen) atoms. The third kappa shape index (κ3) is 6.07. The number of benzene rings is 2. The minimum absolute atomic E-state index is 0.0334. The van der Waals surface area contributed by atoms with E-state index in [4.69, 9.17) is 9.47 Å². The minimum Gasteiger partial charge on any atom is -0.480 e. The maximum absolute atomic E-state index is 13.5. The lowest BCUT2D eigenvalue weighted by atomic mass is 9.79. The van der Waals surface area contributed by atoms with Crippen molar-refractivity contribution < 1.29 is 38.7 Å². The van der Waals surface area contributed by atoms with Crippen LogP contribution < -0.4 is 5.32 Å². The summed E-state index contributed by atoms with van der Waals surface area (Å²) in [6.45, 7) is 2.43. The van der Waals surface area contributed by atoms with Crippen molar-refractivity contribution in [3.05, 3.63) is 98.4 Å². The fourth-order valence-corrected chi connectivity index (χ4v) is 4.77. The quantitative estimate of drug-likeness (QED) is 0.255. The van der Waals surface area contributed by atoms with Gasteiger partial charge in [-0.15, -0.1) is 0 Å². The van der Waals surface area contributed by atoms with E-state index in [1.807, 2.05) is 0 Å². The number of aliphatic carboxylic acids is 1. The Bertz CT molecular complexity index is 1360. The highest BCUT2D eigenvalue weighted by molar-refractivity contribution is 6.02. The molecular weight excluding hydrogens is 522 g/mol. The normalized spacial score (nSPS) is 14.6. The Morgan fingerprint density at radius 3 is 1.98 bits per heavy atom. The van der Waals surface area contributed by atoms with Gasteiger partial charge in [-0.2, -0.15) is 0 Å². The number of carboxylic acids is 1. The van der Waals surface area contributed by atoms with E-state index in [1.165, 1.54) is 38.1 Å². The summed E-state index contributed by atoms with van der Waals surface area (Å²) in [6.07, 6.45) is 0.105. The summed E-state index contributed by atoms with van der Waals surface area (Å²) >= 11 is 0. The van der Waals surface area contributed by atoms with Crippen molar-refractivity contribution in [3.8, 4) is 0 Å². The monoisotopic (exact) mass is 551 g/mol. The summed E-state index contributed by atoms with van der Waals surface area (Å²) in [6, 6.07) is 13.4. The van der Waals surface area contributed by atoms with Gasteiger partial charge in [0.1, 0.15) is 6.04 Å². The van der Waals surface area contributed by atoms with Gasteiger partial charge in [0.2, 0.25) is 5.91 Å². The lowest BCUT2D eigenvalue weighted by Gasteiger charge is -2.36. The summed E-state index contributed by atoms with van der Waals surface area (Å²) in [5, 5.41) is 24.3. The van der Waals surface area contributed by atoms with Crippen molar-refractivity contribution in [1.82, 2.24) is 10.2 Å². The first-order chi connectivity index (χ1) is 19.0. The van der Waals surface area contributed by atoms with E-state index < -0.39 is 47.2 Å². The van der Waals surface area contributed by atoms with E-state index >= 15 is 0 Å². The second-order valence-electron chi connectivity index (χ2n) is 8.92. The topological polar surface area (TPSA) is 165 Å². The van der Waals surface area contributed by atoms with E-state index in [-0.39, 0.29) is 40.2 Å². The lowest BCUT2D eigenvalue weighted by molar-refractivity contribution is -0.385. The van der Waals surface area contributed by atoms with Crippen LogP contribution in [-0.4, -0.2) is 65.6 Å². The molecule has 2 N–H and O–H groups in total. The third-order valence-corrected chi connectivity index (χ3v) is 6.61. The summed E-state index contributed by atoms with van der Waals surface area (Å²) < 4.78 is 9.92. The maximum atomic E-state index is 13.5. The SMILES string of the molecule is COC(=O)C1=C(C)N(C(=O)CN[C@@H](Cc2ccccc2)C(=O)O)C(C)=C(C(=O)OC)C1c1ccccc1[N+](=O)[O-]. The van der Waals surface area contributed by atoms with Gasteiger partial charge >= 0.3 is 17.9 Å². The molecule has 1 heterocycles. The van der Waals surface area contributed by atoms with E-state index in [2.05, 4.69) is 5.32 Å². The van der Waals surface area contributed by atoms with Crippen LogP contribution in [-0.2, 0) is 35.1 Å². The number of nitro benzene ring substituents is 1. The maximum Gasteiger partial charge on any atom is 0.336 e. The Balaban J connectivity index is 2.09. The number of para-hydroxylation sites is 1. The molecule has 0 aliphatic carbocycles. The molecule has 2 aromatic rings. The second-order valence-corrected chi connectivity index (χ2v) is 8.92. The molecule has 3 rings (SSSR count). The number of nitro groups is 1. The molecule has 0 fully saturated rings. The Kier molecular flexibility index (Phi) is 9.51. The fraction of sp³-hybridized carbons (Fsp3) is 0.286. The van der Waals surface area contributed by atoms with Crippen LogP contribution in [0.4, 0.5) is 5.69 Å². The van der Waals surface area contributed by atoms with Crippen LogP contribution in [0.1, 0.15) is 30.9 Å². The molecule has 12 nitrogen and oxygen atoms in total. The highest BCUT2D eigenvalue weighted by Gasteiger charge is 2.44. The van der Waals surface area contributed by atoms with Gasteiger partial charge in [0.25, 0.3) is 5.69 Å². The predicted molar refractivity (Wildman–Crippen MR) is 142 cm³/mol. The Morgan fingerprint density at radius 2 is 1.48 bits per heavy atom. The number of methoxy groups -OCH3 is 2. The molecule has 0 aromatic heterocycles. The van der Waals surface area contributed by atoms with Crippen molar-refractivity contribution in [2.24, 2.45) is 0 Å². The van der Waals surface area contributed by atoms with Crippen LogP contribution >= 0.6 is 0 Å². The number of carbonyl (C=O) groups is 4. The van der Waals surface area contributed by atoms with Crippen molar-refractivity contribution >= 4 is 29.5 Å². The van der Waals surface area contributed by atoms with E-state index in [0.29, 0.717) is 0 Å². The average Bonchev–Trinajstić information content (AvgIpc) is 2.94. The zero-order valence-electron chi connectivity index (χ0n) is 22.4. The summed E-state index contributed by atoms with van der Waals surface area (Å²) in [5.74, 6) is -4.93. The second kappa shape index (κ2) is 12.8. The Hall–Kier alpha value is -4.84. The van der Waals surface area contributed by atoms with Crippen LogP contribution in [0.2, 0.25) is 0 Å². The first-order valence-electron chi connectivity index (χ1n) is 12.2. The van der Waals surface area contributed by atoms with Crippen molar-refractivity contribution in [2.75, 3.05) is 20.8 Å². The first kappa shape index (κ1) is 29.7. The number of carboxylic acid groups (broad SMARTS) is 1. The number of nitrogens with zero attached hydrogens (tertiary/aromatic N) is 2. The molecule has 1 atom stereocenters. The lowest BCUT2D eigenvalue weighted by Crippen LogP contribution is -2.46. The van der Waals surface area contributed by atoms with E-state index in [9.17, 15) is 34.4 Å². The molecular formula is C28H29N3O9. The average molecular weight is 552 g/mol. The first-order valence-corrected chi connectivity index (χ1v) is 12.2. The number of amides is 1. The zero-order valence-corrected chi connectivity index (χ0v) is 22.4. The van der Waals surface area contributed by atoms with Crippen molar-refractivity contribution in [2.45, 2.75) is 32.2 Å². The number of allylic oxidation sites excluding steroid dienone is 2. The van der Waals surface area contributed by atoms with Gasteiger partial charge in [-0.1, -0.05) is 48.5 Å². The Labute approximate surface area is 230 Å². The molecule has 1 aliphatic rings. The van der Waals surface area contributed by atoms with Crippen LogP contribution in [0, 0.1) is 10.1 Å². The van der Waals surface area contributed by atoms with Gasteiger partial charge in [-0.05, 0) is 25.8 Å². The summed E-state index contributed by atoms with van der Waals surface area (Å²) in [4.78, 5) is 63.9. The predicted octanol–water partition coefficient (Wildman–Crippen LogP) is 2.70. The number of carbonyl (C=O) groups excluding carboxylic acids is 3. The fourth-order valence-electron chi connectivity index (χ4n) is 4.77. The van der Waals surface area contributed by atoms with Crippen LogP contribution in [0.25, 0.3) is 0 Å². The number of hydrogen-bond donors (Lipinski definition) is 2. The highest BCUT2D eigenvalue weighted by Crippen LogP contribution is 2.45.